The van der Waals surface area contributed by atoms with E-state index in [1.807, 2.05) is 18.2 Å². The number of likely N-dealkylation sites (tertiary alicyclic amines) is 2. The fourth-order valence-corrected chi connectivity index (χ4v) is 4.40. The molecule has 2 aromatic rings. The average molecular weight is 336 g/mol. The van der Waals surface area contributed by atoms with Crippen molar-refractivity contribution in [2.45, 2.75) is 37.5 Å². The van der Waals surface area contributed by atoms with Crippen molar-refractivity contribution in [3.8, 4) is 0 Å². The fraction of sp³-hybridized carbons (Fsp3) is 0.455. The van der Waals surface area contributed by atoms with E-state index in [0.29, 0.717) is 6.04 Å². The number of hydrogen-bond acceptors (Lipinski definition) is 3. The molecule has 1 atom stereocenters. The number of rotatable bonds is 4. The van der Waals surface area contributed by atoms with Crippen molar-refractivity contribution in [2.75, 3.05) is 26.2 Å². The van der Waals surface area contributed by atoms with Gasteiger partial charge in [-0.1, -0.05) is 60.7 Å². The number of nitrogens with zero attached hydrogens (tertiary/aromatic N) is 2. The maximum Gasteiger partial charge on any atom is 0.103 e. The molecular formula is C22H28N2O. The number of aliphatic hydroxyl groups is 1. The lowest BCUT2D eigenvalue weighted by molar-refractivity contribution is 0.0329. The van der Waals surface area contributed by atoms with Crippen molar-refractivity contribution < 1.29 is 5.11 Å². The lowest BCUT2D eigenvalue weighted by atomic mass is 9.93. The number of benzene rings is 2. The molecule has 132 valence electrons. The minimum Gasteiger partial charge on any atom is -0.384 e. The van der Waals surface area contributed by atoms with Gasteiger partial charge < -0.3 is 5.11 Å². The second kappa shape index (κ2) is 7.28. The molecule has 3 nitrogen and oxygen atoms in total. The monoisotopic (exact) mass is 336 g/mol. The Morgan fingerprint density at radius 1 is 0.880 bits per heavy atom. The Morgan fingerprint density at radius 2 is 1.52 bits per heavy atom. The third-order valence-corrected chi connectivity index (χ3v) is 5.91. The van der Waals surface area contributed by atoms with Crippen molar-refractivity contribution in [2.24, 2.45) is 0 Å². The van der Waals surface area contributed by atoms with E-state index in [1.54, 1.807) is 0 Å². The highest BCUT2D eigenvalue weighted by Gasteiger charge is 2.40. The zero-order valence-corrected chi connectivity index (χ0v) is 14.8. The predicted molar refractivity (Wildman–Crippen MR) is 101 cm³/mol. The quantitative estimate of drug-likeness (QED) is 0.928. The molecule has 0 bridgehead atoms. The van der Waals surface area contributed by atoms with Crippen molar-refractivity contribution in [3.63, 3.8) is 0 Å². The van der Waals surface area contributed by atoms with E-state index < -0.39 is 5.60 Å². The van der Waals surface area contributed by atoms with Crippen molar-refractivity contribution in [1.29, 1.82) is 0 Å². The standard InChI is InChI=1S/C22H28N2O/c25-22(20-9-5-2-6-10-20)13-16-24(18-22)21-11-14-23(15-12-21)17-19-7-3-1-4-8-19/h1-10,21,25H,11-18H2. The normalized spacial score (nSPS) is 26.1. The summed E-state index contributed by atoms with van der Waals surface area (Å²) in [5.74, 6) is 0. The minimum atomic E-state index is -0.664. The Hall–Kier alpha value is -1.68. The van der Waals surface area contributed by atoms with E-state index in [4.69, 9.17) is 0 Å². The van der Waals surface area contributed by atoms with Crippen LogP contribution >= 0.6 is 0 Å². The van der Waals surface area contributed by atoms with E-state index in [1.165, 1.54) is 18.4 Å². The van der Waals surface area contributed by atoms with Gasteiger partial charge in [-0.3, -0.25) is 9.80 Å². The minimum absolute atomic E-state index is 0.616. The summed E-state index contributed by atoms with van der Waals surface area (Å²) in [6.07, 6.45) is 3.26. The van der Waals surface area contributed by atoms with Crippen LogP contribution in [0.4, 0.5) is 0 Å². The van der Waals surface area contributed by atoms with Crippen LogP contribution in [0.5, 0.6) is 0 Å². The largest absolute Gasteiger partial charge is 0.384 e. The summed E-state index contributed by atoms with van der Waals surface area (Å²) >= 11 is 0. The first kappa shape index (κ1) is 16.8. The van der Waals surface area contributed by atoms with E-state index in [9.17, 15) is 5.11 Å². The van der Waals surface area contributed by atoms with Gasteiger partial charge in [0.15, 0.2) is 0 Å². The molecule has 0 aliphatic carbocycles. The third kappa shape index (κ3) is 3.79. The van der Waals surface area contributed by atoms with Crippen LogP contribution in [0.3, 0.4) is 0 Å². The Kier molecular flexibility index (Phi) is 4.89. The molecule has 1 N–H and O–H groups in total. The highest BCUT2D eigenvalue weighted by molar-refractivity contribution is 5.24. The van der Waals surface area contributed by atoms with E-state index >= 15 is 0 Å². The van der Waals surface area contributed by atoms with Gasteiger partial charge in [0.25, 0.3) is 0 Å². The van der Waals surface area contributed by atoms with Gasteiger partial charge in [-0.15, -0.1) is 0 Å². The van der Waals surface area contributed by atoms with Crippen LogP contribution in [0.1, 0.15) is 30.4 Å². The van der Waals surface area contributed by atoms with Gasteiger partial charge in [-0.05, 0) is 43.5 Å². The molecule has 0 saturated carbocycles. The maximum atomic E-state index is 11.1. The number of piperidine rings is 1. The van der Waals surface area contributed by atoms with Crippen LogP contribution in [-0.4, -0.2) is 47.1 Å². The molecule has 0 radical (unpaired) electrons. The Balaban J connectivity index is 1.31. The average Bonchev–Trinajstić information content (AvgIpc) is 3.08. The zero-order valence-electron chi connectivity index (χ0n) is 14.8. The molecule has 3 heteroatoms. The Bertz CT molecular complexity index is 667. The van der Waals surface area contributed by atoms with Gasteiger partial charge in [0.1, 0.15) is 5.60 Å². The summed E-state index contributed by atoms with van der Waals surface area (Å²) < 4.78 is 0. The maximum absolute atomic E-state index is 11.1. The molecule has 0 spiro atoms. The van der Waals surface area contributed by atoms with Gasteiger partial charge in [0, 0.05) is 25.7 Å². The molecule has 2 heterocycles. The molecule has 0 amide bonds. The summed E-state index contributed by atoms with van der Waals surface area (Å²) in [6.45, 7) is 5.15. The summed E-state index contributed by atoms with van der Waals surface area (Å²) in [5.41, 5.74) is 1.81. The molecule has 0 aromatic heterocycles. The van der Waals surface area contributed by atoms with Crippen LogP contribution < -0.4 is 0 Å². The first-order chi connectivity index (χ1) is 12.2. The lowest BCUT2D eigenvalue weighted by Gasteiger charge is -2.37. The van der Waals surface area contributed by atoms with Crippen LogP contribution in [0.15, 0.2) is 60.7 Å². The molecule has 2 aliphatic heterocycles. The molecule has 2 fully saturated rings. The second-order valence-corrected chi connectivity index (χ2v) is 7.61. The summed E-state index contributed by atoms with van der Waals surface area (Å²) in [7, 11) is 0. The van der Waals surface area contributed by atoms with Gasteiger partial charge in [-0.25, -0.2) is 0 Å². The van der Waals surface area contributed by atoms with E-state index in [0.717, 1.165) is 44.7 Å². The van der Waals surface area contributed by atoms with Crippen molar-refractivity contribution in [1.82, 2.24) is 9.80 Å². The molecule has 25 heavy (non-hydrogen) atoms. The van der Waals surface area contributed by atoms with Crippen molar-refractivity contribution in [3.05, 3.63) is 71.8 Å². The van der Waals surface area contributed by atoms with Gasteiger partial charge in [-0.2, -0.15) is 0 Å². The molecule has 2 saturated heterocycles. The lowest BCUT2D eigenvalue weighted by Crippen LogP contribution is -2.44. The zero-order chi connectivity index (χ0) is 17.1. The predicted octanol–water partition coefficient (Wildman–Crippen LogP) is 3.24. The highest BCUT2D eigenvalue weighted by Crippen LogP contribution is 2.34. The first-order valence-electron chi connectivity index (χ1n) is 9.51. The van der Waals surface area contributed by atoms with Gasteiger partial charge in [0.2, 0.25) is 0 Å². The van der Waals surface area contributed by atoms with Crippen molar-refractivity contribution >= 4 is 0 Å². The molecule has 4 rings (SSSR count). The smallest absolute Gasteiger partial charge is 0.103 e. The SMILES string of the molecule is OC1(c2ccccc2)CCN(C2CCN(Cc3ccccc3)CC2)C1. The van der Waals surface area contributed by atoms with Gasteiger partial charge in [0.05, 0.1) is 0 Å². The summed E-state index contributed by atoms with van der Waals surface area (Å²) in [6, 6.07) is 21.6. The van der Waals surface area contributed by atoms with E-state index in [2.05, 4.69) is 52.3 Å². The number of hydrogen-bond donors (Lipinski definition) is 1. The molecular weight excluding hydrogens is 308 g/mol. The first-order valence-corrected chi connectivity index (χ1v) is 9.51. The second-order valence-electron chi connectivity index (χ2n) is 7.61. The van der Waals surface area contributed by atoms with Crippen LogP contribution in [0.25, 0.3) is 0 Å². The van der Waals surface area contributed by atoms with E-state index in [-0.39, 0.29) is 0 Å². The van der Waals surface area contributed by atoms with Crippen LogP contribution in [-0.2, 0) is 12.1 Å². The number of β-amino-alcohol motifs (C(OH)–C–C–N with tert-alkyl or cyclic N) is 1. The van der Waals surface area contributed by atoms with Gasteiger partial charge >= 0.3 is 0 Å². The molecule has 2 aliphatic rings. The topological polar surface area (TPSA) is 26.7 Å². The third-order valence-electron chi connectivity index (χ3n) is 5.91. The molecule has 2 aromatic carbocycles. The summed E-state index contributed by atoms with van der Waals surface area (Å²) in [4.78, 5) is 5.08. The Labute approximate surface area is 150 Å². The fourth-order valence-electron chi connectivity index (χ4n) is 4.40. The highest BCUT2D eigenvalue weighted by atomic mass is 16.3. The molecule has 1 unspecified atom stereocenters. The summed E-state index contributed by atoms with van der Waals surface area (Å²) in [5, 5.41) is 11.1. The van der Waals surface area contributed by atoms with Crippen LogP contribution in [0.2, 0.25) is 0 Å². The van der Waals surface area contributed by atoms with Crippen LogP contribution in [0, 0.1) is 0 Å². The Morgan fingerprint density at radius 3 is 2.20 bits per heavy atom.